The number of phenols is 1. The highest BCUT2D eigenvalue weighted by Crippen LogP contribution is 2.02. The molecule has 0 aliphatic rings. The van der Waals surface area contributed by atoms with Crippen molar-refractivity contribution in [3.63, 3.8) is 0 Å². The number of benzene rings is 1. The summed E-state index contributed by atoms with van der Waals surface area (Å²) in [6, 6.07) is 1.97. The maximum Gasteiger partial charge on any atom is 0.115 e. The highest BCUT2D eigenvalue weighted by atomic mass is 16.3. The molecule has 0 atom stereocenters. The minimum atomic E-state index is -0.285. The van der Waals surface area contributed by atoms with Crippen LogP contribution in [0.3, 0.4) is 0 Å². The minimum absolute atomic E-state index is 0.0391. The Hall–Kier alpha value is -0.980. The van der Waals surface area contributed by atoms with Crippen molar-refractivity contribution < 1.29 is 9.22 Å². The van der Waals surface area contributed by atoms with Crippen molar-refractivity contribution in [1.82, 2.24) is 0 Å². The Kier molecular flexibility index (Phi) is 0.439. The molecule has 1 rings (SSSR count). The molecular weight excluding hydrogens is 88.1 g/mol. The maximum absolute atomic E-state index is 8.83. The third-order valence-corrected chi connectivity index (χ3v) is 0.587. The molecule has 0 saturated heterocycles. The minimum Gasteiger partial charge on any atom is -0.508 e. The summed E-state index contributed by atoms with van der Waals surface area (Å²) in [5.74, 6) is -0.249. The highest BCUT2D eigenvalue weighted by Gasteiger charge is 1.74. The first-order valence-corrected chi connectivity index (χ1v) is 1.88. The van der Waals surface area contributed by atoms with E-state index in [9.17, 15) is 0 Å². The molecule has 0 fully saturated rings. The van der Waals surface area contributed by atoms with Gasteiger partial charge in [0.15, 0.2) is 0 Å². The van der Waals surface area contributed by atoms with E-state index in [2.05, 4.69) is 0 Å². The summed E-state index contributed by atoms with van der Waals surface area (Å²) in [6.07, 6.45) is 0. The van der Waals surface area contributed by atoms with Crippen LogP contribution in [0.25, 0.3) is 0 Å². The normalized spacial score (nSPS) is 14.6. The van der Waals surface area contributed by atoms with E-state index < -0.39 is 0 Å². The zero-order chi connectivity index (χ0) is 7.72. The summed E-state index contributed by atoms with van der Waals surface area (Å²) >= 11 is 0. The Morgan fingerprint density at radius 3 is 3.14 bits per heavy atom. The molecule has 0 aromatic heterocycles. The molecule has 0 amide bonds. The molecule has 36 valence electrons. The van der Waals surface area contributed by atoms with Crippen LogP contribution in [0.5, 0.6) is 5.75 Å². The van der Waals surface area contributed by atoms with Gasteiger partial charge < -0.3 is 5.11 Å². The fourth-order valence-corrected chi connectivity index (χ4v) is 0.304. The lowest BCUT2D eigenvalue weighted by atomic mass is 10.3. The van der Waals surface area contributed by atoms with Crippen LogP contribution in [0.2, 0.25) is 0 Å². The molecule has 0 unspecified atom stereocenters. The molecular formula is C6H6O. The van der Waals surface area contributed by atoms with Crippen LogP contribution in [0, 0.1) is 0 Å². The molecule has 0 aliphatic carbocycles. The fourth-order valence-electron chi connectivity index (χ4n) is 0.304. The lowest BCUT2D eigenvalue weighted by molar-refractivity contribution is 0.475. The molecule has 0 heterocycles. The van der Waals surface area contributed by atoms with Gasteiger partial charge >= 0.3 is 0 Å². The number of rotatable bonds is 0. The van der Waals surface area contributed by atoms with E-state index in [1.165, 1.54) is 12.1 Å². The van der Waals surface area contributed by atoms with E-state index in [1.54, 1.807) is 0 Å². The second-order valence-electron chi connectivity index (χ2n) is 1.11. The summed E-state index contributed by atoms with van der Waals surface area (Å²) < 4.78 is 21.1. The lowest BCUT2D eigenvalue weighted by Gasteiger charge is -1.82. The van der Waals surface area contributed by atoms with E-state index in [0.29, 0.717) is 0 Å². The number of aromatic hydroxyl groups is 1. The van der Waals surface area contributed by atoms with Crippen molar-refractivity contribution in [2.75, 3.05) is 0 Å². The van der Waals surface area contributed by atoms with Crippen molar-refractivity contribution in [3.05, 3.63) is 30.3 Å². The maximum atomic E-state index is 8.83. The van der Waals surface area contributed by atoms with Crippen LogP contribution in [0.1, 0.15) is 4.11 Å². The smallest absolute Gasteiger partial charge is 0.115 e. The SMILES string of the molecule is [2H]c1ccc(O)c([2H])c1[2H]. The largest absolute Gasteiger partial charge is 0.508 e. The first-order valence-electron chi connectivity index (χ1n) is 3.38. The first kappa shape index (κ1) is 1.86. The molecule has 0 radical (unpaired) electrons. The monoisotopic (exact) mass is 97.1 g/mol. The lowest BCUT2D eigenvalue weighted by Crippen LogP contribution is -1.56. The summed E-state index contributed by atoms with van der Waals surface area (Å²) in [5.41, 5.74) is 0. The fraction of sp³-hybridized carbons (Fsp3) is 0. The standard InChI is InChI=1S/C6H6O/c7-6-4-2-1-3-5-6/h1-5,7H/i1D,2D,4D. The van der Waals surface area contributed by atoms with E-state index in [4.69, 9.17) is 9.22 Å². The molecule has 1 heteroatoms. The van der Waals surface area contributed by atoms with Crippen LogP contribution in [0.15, 0.2) is 30.3 Å². The second kappa shape index (κ2) is 1.65. The second-order valence-corrected chi connectivity index (χ2v) is 1.11. The molecule has 1 nitrogen and oxygen atoms in total. The topological polar surface area (TPSA) is 20.2 Å². The average Bonchev–Trinajstić information content (AvgIpc) is 1.93. The van der Waals surface area contributed by atoms with Gasteiger partial charge in [-0.15, -0.1) is 0 Å². The van der Waals surface area contributed by atoms with E-state index >= 15 is 0 Å². The van der Waals surface area contributed by atoms with Gasteiger partial charge in [-0.3, -0.25) is 0 Å². The van der Waals surface area contributed by atoms with Gasteiger partial charge in [0.2, 0.25) is 0 Å². The van der Waals surface area contributed by atoms with Crippen molar-refractivity contribution in [1.29, 1.82) is 0 Å². The summed E-state index contributed by atoms with van der Waals surface area (Å²) in [6.45, 7) is 0. The number of hydrogen-bond acceptors (Lipinski definition) is 1. The highest BCUT2D eigenvalue weighted by molar-refractivity contribution is 5.18. The van der Waals surface area contributed by atoms with Crippen LogP contribution in [0.4, 0.5) is 0 Å². The van der Waals surface area contributed by atoms with E-state index in [0.717, 1.165) is 0 Å². The number of hydrogen-bond donors (Lipinski definition) is 1. The predicted molar refractivity (Wildman–Crippen MR) is 28.1 cm³/mol. The van der Waals surface area contributed by atoms with Crippen LogP contribution in [-0.2, 0) is 0 Å². The van der Waals surface area contributed by atoms with Gasteiger partial charge in [-0.05, 0) is 12.1 Å². The zero-order valence-corrected chi connectivity index (χ0v) is 3.60. The molecule has 0 saturated carbocycles. The van der Waals surface area contributed by atoms with E-state index in [1.807, 2.05) is 0 Å². The average molecular weight is 97.1 g/mol. The Morgan fingerprint density at radius 1 is 1.57 bits per heavy atom. The number of phenolic OH excluding ortho intramolecular Hbond substituents is 1. The Bertz CT molecular complexity index is 232. The summed E-state index contributed by atoms with van der Waals surface area (Å²) in [5, 5.41) is 8.83. The van der Waals surface area contributed by atoms with E-state index in [-0.39, 0.29) is 23.9 Å². The Morgan fingerprint density at radius 2 is 2.43 bits per heavy atom. The summed E-state index contributed by atoms with van der Waals surface area (Å²) in [7, 11) is 0. The molecule has 1 N–H and O–H groups in total. The Balaban J connectivity index is 3.34. The molecule has 0 spiro atoms. The molecule has 0 aliphatic heterocycles. The third kappa shape index (κ3) is 0.929. The van der Waals surface area contributed by atoms with Crippen molar-refractivity contribution in [2.45, 2.75) is 0 Å². The molecule has 7 heavy (non-hydrogen) atoms. The van der Waals surface area contributed by atoms with Gasteiger partial charge in [-0.25, -0.2) is 0 Å². The summed E-state index contributed by atoms with van der Waals surface area (Å²) in [4.78, 5) is 0. The predicted octanol–water partition coefficient (Wildman–Crippen LogP) is 1.39. The quantitative estimate of drug-likeness (QED) is 0.518. The van der Waals surface area contributed by atoms with Crippen LogP contribution in [-0.4, -0.2) is 5.11 Å². The Labute approximate surface area is 46.4 Å². The van der Waals surface area contributed by atoms with Gasteiger partial charge in [-0.2, -0.15) is 0 Å². The molecule has 0 bridgehead atoms. The van der Waals surface area contributed by atoms with Crippen molar-refractivity contribution in [2.24, 2.45) is 0 Å². The molecule has 1 aromatic carbocycles. The first-order chi connectivity index (χ1) is 4.63. The van der Waals surface area contributed by atoms with Gasteiger partial charge in [0, 0.05) is 0 Å². The molecule has 1 aromatic rings. The van der Waals surface area contributed by atoms with Crippen molar-refractivity contribution in [3.8, 4) is 5.75 Å². The van der Waals surface area contributed by atoms with Crippen LogP contribution < -0.4 is 0 Å². The zero-order valence-electron chi connectivity index (χ0n) is 6.60. The number of para-hydroxylation sites is 1. The third-order valence-electron chi connectivity index (χ3n) is 0.587. The van der Waals surface area contributed by atoms with Crippen LogP contribution >= 0.6 is 0 Å². The van der Waals surface area contributed by atoms with Gasteiger partial charge in [0.05, 0.1) is 4.11 Å². The van der Waals surface area contributed by atoms with Gasteiger partial charge in [0.25, 0.3) is 0 Å². The van der Waals surface area contributed by atoms with Crippen molar-refractivity contribution >= 4 is 0 Å². The van der Waals surface area contributed by atoms with Gasteiger partial charge in [-0.1, -0.05) is 18.2 Å². The van der Waals surface area contributed by atoms with Gasteiger partial charge in [0.1, 0.15) is 5.75 Å².